The van der Waals surface area contributed by atoms with E-state index >= 15 is 0 Å². The van der Waals surface area contributed by atoms with Gasteiger partial charge in [0.05, 0.1) is 21.3 Å². The molecule has 6 heteroatoms. The predicted octanol–water partition coefficient (Wildman–Crippen LogP) is 4.07. The molecule has 2 aromatic carbocycles. The fraction of sp³-hybridized carbons (Fsp3) is 0.348. The zero-order valence-electron chi connectivity index (χ0n) is 17.8. The van der Waals surface area contributed by atoms with Gasteiger partial charge in [0.2, 0.25) is 5.75 Å². The molecular weight excluding hydrogens is 370 g/mol. The van der Waals surface area contributed by atoms with Gasteiger partial charge in [-0.25, -0.2) is 4.79 Å². The van der Waals surface area contributed by atoms with Crippen molar-refractivity contribution >= 4 is 11.0 Å². The van der Waals surface area contributed by atoms with E-state index in [0.717, 1.165) is 27.6 Å². The second kappa shape index (κ2) is 8.57. The molecule has 154 valence electrons. The molecule has 0 saturated carbocycles. The molecule has 0 amide bonds. The van der Waals surface area contributed by atoms with Crippen LogP contribution in [0.3, 0.4) is 0 Å². The first-order valence-electron chi connectivity index (χ1n) is 9.37. The van der Waals surface area contributed by atoms with E-state index in [9.17, 15) is 4.79 Å². The number of methoxy groups -OCH3 is 3. The number of hydrogen-bond acceptors (Lipinski definition) is 6. The fourth-order valence-corrected chi connectivity index (χ4v) is 3.69. The molecule has 1 heterocycles. The van der Waals surface area contributed by atoms with Crippen molar-refractivity contribution in [3.05, 3.63) is 63.0 Å². The minimum Gasteiger partial charge on any atom is -0.493 e. The zero-order chi connectivity index (χ0) is 21.1. The van der Waals surface area contributed by atoms with Gasteiger partial charge < -0.3 is 18.6 Å². The lowest BCUT2D eigenvalue weighted by Crippen LogP contribution is -2.19. The molecule has 0 spiro atoms. The summed E-state index contributed by atoms with van der Waals surface area (Å²) in [6.07, 6.45) is 0. The van der Waals surface area contributed by atoms with Crippen LogP contribution in [0.25, 0.3) is 11.0 Å². The maximum Gasteiger partial charge on any atom is 0.336 e. The lowest BCUT2D eigenvalue weighted by molar-refractivity contribution is 0.309. The number of nitrogens with zero attached hydrogens (tertiary/aromatic N) is 1. The molecule has 0 fully saturated rings. The Kier molecular flexibility index (Phi) is 6.13. The van der Waals surface area contributed by atoms with Crippen LogP contribution in [-0.2, 0) is 13.1 Å². The van der Waals surface area contributed by atoms with Crippen LogP contribution in [0.2, 0.25) is 0 Å². The number of hydrogen-bond donors (Lipinski definition) is 0. The summed E-state index contributed by atoms with van der Waals surface area (Å²) in [6, 6.07) is 9.53. The highest BCUT2D eigenvalue weighted by Gasteiger charge is 2.15. The highest BCUT2D eigenvalue weighted by Crippen LogP contribution is 2.38. The summed E-state index contributed by atoms with van der Waals surface area (Å²) in [5.41, 5.74) is 4.38. The fourth-order valence-electron chi connectivity index (χ4n) is 3.69. The van der Waals surface area contributed by atoms with E-state index in [2.05, 4.69) is 11.0 Å². The second-order valence-electron chi connectivity index (χ2n) is 7.26. The van der Waals surface area contributed by atoms with Crippen molar-refractivity contribution in [1.82, 2.24) is 4.90 Å². The summed E-state index contributed by atoms with van der Waals surface area (Å²) in [6.45, 7) is 5.24. The van der Waals surface area contributed by atoms with E-state index in [1.165, 1.54) is 0 Å². The highest BCUT2D eigenvalue weighted by atomic mass is 16.5. The number of benzene rings is 2. The Hall–Kier alpha value is -2.99. The number of aryl methyl sites for hydroxylation is 2. The Bertz CT molecular complexity index is 1060. The average Bonchev–Trinajstić information content (AvgIpc) is 2.67. The molecule has 3 aromatic rings. The maximum absolute atomic E-state index is 12.1. The lowest BCUT2D eigenvalue weighted by atomic mass is 10.0. The van der Waals surface area contributed by atoms with Crippen LogP contribution in [0.4, 0.5) is 0 Å². The zero-order valence-corrected chi connectivity index (χ0v) is 17.8. The Morgan fingerprint density at radius 3 is 2.14 bits per heavy atom. The minimum atomic E-state index is -0.333. The van der Waals surface area contributed by atoms with Crippen molar-refractivity contribution in [2.45, 2.75) is 26.9 Å². The highest BCUT2D eigenvalue weighted by molar-refractivity contribution is 5.83. The summed E-state index contributed by atoms with van der Waals surface area (Å²) in [4.78, 5) is 14.2. The first kappa shape index (κ1) is 20.7. The van der Waals surface area contributed by atoms with Crippen LogP contribution >= 0.6 is 0 Å². The smallest absolute Gasteiger partial charge is 0.336 e. The van der Waals surface area contributed by atoms with E-state index in [0.29, 0.717) is 35.9 Å². The van der Waals surface area contributed by atoms with E-state index in [-0.39, 0.29) is 5.63 Å². The third-order valence-corrected chi connectivity index (χ3v) is 4.88. The topological polar surface area (TPSA) is 61.1 Å². The molecule has 0 atom stereocenters. The third kappa shape index (κ3) is 4.38. The Labute approximate surface area is 170 Å². The molecule has 0 aliphatic carbocycles. The van der Waals surface area contributed by atoms with Crippen LogP contribution in [-0.4, -0.2) is 33.3 Å². The largest absolute Gasteiger partial charge is 0.493 e. The first-order valence-corrected chi connectivity index (χ1v) is 9.37. The minimum absolute atomic E-state index is 0.333. The summed E-state index contributed by atoms with van der Waals surface area (Å²) in [5, 5.41) is 0.971. The second-order valence-corrected chi connectivity index (χ2v) is 7.26. The molecule has 1 aromatic heterocycles. The monoisotopic (exact) mass is 397 g/mol. The van der Waals surface area contributed by atoms with Crippen molar-refractivity contribution in [2.24, 2.45) is 0 Å². The Morgan fingerprint density at radius 1 is 0.897 bits per heavy atom. The van der Waals surface area contributed by atoms with Crippen LogP contribution < -0.4 is 19.8 Å². The van der Waals surface area contributed by atoms with Gasteiger partial charge in [-0.15, -0.1) is 0 Å². The number of rotatable bonds is 7. The van der Waals surface area contributed by atoms with Gasteiger partial charge in [0.1, 0.15) is 5.58 Å². The maximum atomic E-state index is 12.1. The normalized spacial score (nSPS) is 11.1. The van der Waals surface area contributed by atoms with Gasteiger partial charge in [0.15, 0.2) is 11.5 Å². The molecule has 0 unspecified atom stereocenters. The Morgan fingerprint density at radius 2 is 1.55 bits per heavy atom. The number of fused-ring (bicyclic) bond motifs is 1. The molecule has 0 radical (unpaired) electrons. The van der Waals surface area contributed by atoms with Crippen molar-refractivity contribution < 1.29 is 18.6 Å². The van der Waals surface area contributed by atoms with E-state index in [4.69, 9.17) is 18.6 Å². The molecule has 29 heavy (non-hydrogen) atoms. The molecule has 6 nitrogen and oxygen atoms in total. The number of ether oxygens (including phenoxy) is 3. The van der Waals surface area contributed by atoms with Crippen LogP contribution in [0, 0.1) is 13.8 Å². The molecule has 0 saturated heterocycles. The summed E-state index contributed by atoms with van der Waals surface area (Å²) >= 11 is 0. The van der Waals surface area contributed by atoms with Crippen molar-refractivity contribution in [1.29, 1.82) is 0 Å². The summed E-state index contributed by atoms with van der Waals surface area (Å²) in [7, 11) is 6.80. The predicted molar refractivity (Wildman–Crippen MR) is 113 cm³/mol. The molecule has 0 bridgehead atoms. The lowest BCUT2D eigenvalue weighted by Gasteiger charge is -2.20. The van der Waals surface area contributed by atoms with Gasteiger partial charge >= 0.3 is 5.63 Å². The Balaban J connectivity index is 1.92. The van der Waals surface area contributed by atoms with Crippen LogP contribution in [0.5, 0.6) is 17.2 Å². The van der Waals surface area contributed by atoms with Gasteiger partial charge in [0, 0.05) is 24.5 Å². The van der Waals surface area contributed by atoms with Crippen molar-refractivity contribution in [3.63, 3.8) is 0 Å². The van der Waals surface area contributed by atoms with Crippen LogP contribution in [0.15, 0.2) is 39.5 Å². The van der Waals surface area contributed by atoms with E-state index < -0.39 is 0 Å². The van der Waals surface area contributed by atoms with Gasteiger partial charge in [-0.2, -0.15) is 0 Å². The average molecular weight is 397 g/mol. The van der Waals surface area contributed by atoms with E-state index in [1.807, 2.05) is 39.1 Å². The summed E-state index contributed by atoms with van der Waals surface area (Å²) < 4.78 is 21.7. The van der Waals surface area contributed by atoms with E-state index in [1.54, 1.807) is 27.4 Å². The third-order valence-electron chi connectivity index (χ3n) is 4.88. The van der Waals surface area contributed by atoms with Gasteiger partial charge in [-0.3, -0.25) is 4.90 Å². The molecular formula is C23H27NO5. The molecule has 3 rings (SSSR count). The van der Waals surface area contributed by atoms with Crippen molar-refractivity contribution in [3.8, 4) is 17.2 Å². The molecule has 0 aliphatic heterocycles. The molecule has 0 aliphatic rings. The van der Waals surface area contributed by atoms with Gasteiger partial charge in [-0.1, -0.05) is 6.07 Å². The standard InChI is InChI=1S/C23H27NO5/c1-14-7-15(2)22-18(8-14)17(11-21(25)29-22)13-24(3)12-16-9-19(26-4)23(28-6)20(10-16)27-5/h7-11H,12-13H2,1-6H3. The van der Waals surface area contributed by atoms with Gasteiger partial charge in [0.25, 0.3) is 0 Å². The summed E-state index contributed by atoms with van der Waals surface area (Å²) in [5.74, 6) is 1.80. The quantitative estimate of drug-likeness (QED) is 0.560. The first-order chi connectivity index (χ1) is 13.9. The van der Waals surface area contributed by atoms with Gasteiger partial charge in [-0.05, 0) is 61.3 Å². The van der Waals surface area contributed by atoms with Crippen LogP contribution in [0.1, 0.15) is 22.3 Å². The SMILES string of the molecule is COc1cc(CN(C)Cc2cc(=O)oc3c(C)cc(C)cc23)cc(OC)c1OC. The van der Waals surface area contributed by atoms with Crippen molar-refractivity contribution in [2.75, 3.05) is 28.4 Å². The molecule has 0 N–H and O–H groups in total.